The molecule has 0 heterocycles. The largest absolute Gasteiger partial charge is 0.480 e. The van der Waals surface area contributed by atoms with Gasteiger partial charge < -0.3 is 37.0 Å². The van der Waals surface area contributed by atoms with E-state index in [-0.39, 0.29) is 5.75 Å². The number of carboxylic acid groups (broad SMARTS) is 1. The van der Waals surface area contributed by atoms with Crippen molar-refractivity contribution in [1.82, 2.24) is 16.0 Å². The second kappa shape index (κ2) is 11.8. The second-order valence-electron chi connectivity index (χ2n) is 6.81. The molecule has 0 aliphatic carbocycles. The SMILES string of the molecule is CC(C)C(NC(=O)C(NC(=O)C(NC(=O)C(N)CS)C(C)O)C(C)O)C(=O)O. The molecule has 0 radical (unpaired) electrons. The van der Waals surface area contributed by atoms with E-state index in [0.29, 0.717) is 0 Å². The minimum atomic E-state index is -1.51. The van der Waals surface area contributed by atoms with Crippen LogP contribution in [0.25, 0.3) is 0 Å². The summed E-state index contributed by atoms with van der Waals surface area (Å²) in [4.78, 5) is 47.9. The van der Waals surface area contributed by atoms with Crippen LogP contribution in [0.1, 0.15) is 27.7 Å². The fourth-order valence-electron chi connectivity index (χ4n) is 2.15. The maximum absolute atomic E-state index is 12.5. The molecule has 0 bridgehead atoms. The fraction of sp³-hybridized carbons (Fsp3) is 0.750. The van der Waals surface area contributed by atoms with Gasteiger partial charge in [0.05, 0.1) is 18.2 Å². The first kappa shape index (κ1) is 26.1. The Balaban J connectivity index is 5.32. The molecule has 0 aromatic heterocycles. The Labute approximate surface area is 168 Å². The van der Waals surface area contributed by atoms with Crippen LogP contribution >= 0.6 is 12.6 Å². The zero-order valence-electron chi connectivity index (χ0n) is 16.2. The van der Waals surface area contributed by atoms with Crippen LogP contribution in [-0.4, -0.2) is 81.1 Å². The number of carbonyl (C=O) groups is 4. The molecule has 28 heavy (non-hydrogen) atoms. The van der Waals surface area contributed by atoms with E-state index >= 15 is 0 Å². The Bertz CT molecular complexity index is 571. The van der Waals surface area contributed by atoms with Crippen LogP contribution in [0.15, 0.2) is 0 Å². The highest BCUT2D eigenvalue weighted by Gasteiger charge is 2.34. The normalized spacial score (nSPS) is 17.6. The Morgan fingerprint density at radius 2 is 1.18 bits per heavy atom. The third-order valence-corrected chi connectivity index (χ3v) is 4.28. The molecule has 6 unspecified atom stereocenters. The highest BCUT2D eigenvalue weighted by molar-refractivity contribution is 7.80. The zero-order chi connectivity index (χ0) is 22.2. The molecule has 6 atom stereocenters. The van der Waals surface area contributed by atoms with E-state index in [2.05, 4.69) is 28.6 Å². The third-order valence-electron chi connectivity index (χ3n) is 3.89. The van der Waals surface area contributed by atoms with Gasteiger partial charge in [-0.25, -0.2) is 4.79 Å². The monoisotopic (exact) mass is 422 g/mol. The Morgan fingerprint density at radius 3 is 1.46 bits per heavy atom. The van der Waals surface area contributed by atoms with Crippen LogP contribution in [0.5, 0.6) is 0 Å². The number of nitrogens with one attached hydrogen (secondary N) is 3. The number of hydrogen-bond donors (Lipinski definition) is 8. The summed E-state index contributed by atoms with van der Waals surface area (Å²) in [7, 11) is 0. The minimum absolute atomic E-state index is 0.00443. The van der Waals surface area contributed by atoms with E-state index in [1.54, 1.807) is 13.8 Å². The average Bonchev–Trinajstić information content (AvgIpc) is 2.59. The lowest BCUT2D eigenvalue weighted by Gasteiger charge is -2.28. The number of carboxylic acids is 1. The molecule has 0 aromatic rings. The quantitative estimate of drug-likeness (QED) is 0.164. The summed E-state index contributed by atoms with van der Waals surface area (Å²) in [6.07, 6.45) is -2.72. The summed E-state index contributed by atoms with van der Waals surface area (Å²) < 4.78 is 0. The van der Waals surface area contributed by atoms with Gasteiger partial charge in [0.15, 0.2) is 0 Å². The summed E-state index contributed by atoms with van der Waals surface area (Å²) in [6.45, 7) is 5.63. The molecule has 0 aromatic carbocycles. The van der Waals surface area contributed by atoms with Crippen molar-refractivity contribution >= 4 is 36.3 Å². The van der Waals surface area contributed by atoms with Gasteiger partial charge in [-0.1, -0.05) is 13.8 Å². The summed E-state index contributed by atoms with van der Waals surface area (Å²) in [5.74, 6) is -4.32. The van der Waals surface area contributed by atoms with Crippen molar-refractivity contribution in [3.8, 4) is 0 Å². The van der Waals surface area contributed by atoms with Gasteiger partial charge in [0.25, 0.3) is 0 Å². The molecule has 0 saturated heterocycles. The number of aliphatic carboxylic acids is 1. The molecule has 3 amide bonds. The van der Waals surface area contributed by atoms with Gasteiger partial charge in [-0.3, -0.25) is 14.4 Å². The van der Waals surface area contributed by atoms with Crippen LogP contribution in [0.3, 0.4) is 0 Å². The number of hydrogen-bond acceptors (Lipinski definition) is 8. The molecule has 12 heteroatoms. The number of amides is 3. The molecule has 11 nitrogen and oxygen atoms in total. The van der Waals surface area contributed by atoms with E-state index < -0.39 is 66.0 Å². The Kier molecular flexibility index (Phi) is 11.0. The molecule has 0 rings (SSSR count). The predicted octanol–water partition coefficient (Wildman–Crippen LogP) is -2.80. The topological polar surface area (TPSA) is 191 Å². The van der Waals surface area contributed by atoms with Crippen molar-refractivity contribution in [3.05, 3.63) is 0 Å². The number of aliphatic hydroxyl groups is 2. The van der Waals surface area contributed by atoms with E-state index in [1.807, 2.05) is 0 Å². The molecule has 0 saturated carbocycles. The summed E-state index contributed by atoms with van der Waals surface area (Å²) >= 11 is 3.87. The van der Waals surface area contributed by atoms with Gasteiger partial charge in [-0.05, 0) is 19.8 Å². The smallest absolute Gasteiger partial charge is 0.326 e. The first-order valence-electron chi connectivity index (χ1n) is 8.69. The molecule has 162 valence electrons. The number of thiol groups is 1. The van der Waals surface area contributed by atoms with Crippen molar-refractivity contribution in [1.29, 1.82) is 0 Å². The summed E-state index contributed by atoms with van der Waals surface area (Å²) in [5.41, 5.74) is 5.51. The van der Waals surface area contributed by atoms with E-state index in [0.717, 1.165) is 0 Å². The maximum Gasteiger partial charge on any atom is 0.326 e. The molecule has 0 fully saturated rings. The van der Waals surface area contributed by atoms with Crippen molar-refractivity contribution in [3.63, 3.8) is 0 Å². The third kappa shape index (κ3) is 8.00. The molecule has 8 N–H and O–H groups in total. The number of rotatable bonds is 11. The second-order valence-corrected chi connectivity index (χ2v) is 7.18. The van der Waals surface area contributed by atoms with E-state index in [1.165, 1.54) is 13.8 Å². The van der Waals surface area contributed by atoms with E-state index in [4.69, 9.17) is 10.8 Å². The molecular weight excluding hydrogens is 392 g/mol. The van der Waals surface area contributed by atoms with Crippen molar-refractivity contribution in [2.24, 2.45) is 11.7 Å². The molecular formula is C16H30N4O7S. The molecule has 0 spiro atoms. The molecule has 0 aliphatic heterocycles. The van der Waals surface area contributed by atoms with Crippen LogP contribution in [0.4, 0.5) is 0 Å². The lowest BCUT2D eigenvalue weighted by atomic mass is 10.0. The minimum Gasteiger partial charge on any atom is -0.480 e. The van der Waals surface area contributed by atoms with Crippen molar-refractivity contribution < 1.29 is 34.5 Å². The number of nitrogens with two attached hydrogens (primary N) is 1. The van der Waals surface area contributed by atoms with Gasteiger partial charge in [0.1, 0.15) is 18.1 Å². The summed E-state index contributed by atoms with van der Waals surface area (Å²) in [5, 5.41) is 35.5. The Morgan fingerprint density at radius 1 is 0.821 bits per heavy atom. The first-order chi connectivity index (χ1) is 12.8. The lowest BCUT2D eigenvalue weighted by Crippen LogP contribution is -2.62. The van der Waals surface area contributed by atoms with E-state index in [9.17, 15) is 29.4 Å². The Hall–Kier alpha value is -1.89. The van der Waals surface area contributed by atoms with Crippen molar-refractivity contribution in [2.75, 3.05) is 5.75 Å². The average molecular weight is 423 g/mol. The van der Waals surface area contributed by atoms with Gasteiger partial charge in [0, 0.05) is 5.75 Å². The van der Waals surface area contributed by atoms with Gasteiger partial charge in [-0.2, -0.15) is 12.6 Å². The van der Waals surface area contributed by atoms with Crippen LogP contribution < -0.4 is 21.7 Å². The fourth-order valence-corrected chi connectivity index (χ4v) is 2.32. The zero-order valence-corrected chi connectivity index (χ0v) is 17.1. The highest BCUT2D eigenvalue weighted by atomic mass is 32.1. The lowest BCUT2D eigenvalue weighted by molar-refractivity contribution is -0.144. The number of aliphatic hydroxyl groups excluding tert-OH is 2. The van der Waals surface area contributed by atoms with Gasteiger partial charge >= 0.3 is 5.97 Å². The highest BCUT2D eigenvalue weighted by Crippen LogP contribution is 2.05. The van der Waals surface area contributed by atoms with Crippen LogP contribution in [0.2, 0.25) is 0 Å². The van der Waals surface area contributed by atoms with Crippen molar-refractivity contribution in [2.45, 2.75) is 64.1 Å². The first-order valence-corrected chi connectivity index (χ1v) is 9.33. The van der Waals surface area contributed by atoms with Crippen LogP contribution in [0, 0.1) is 5.92 Å². The number of carbonyl (C=O) groups excluding carboxylic acids is 3. The van der Waals surface area contributed by atoms with Crippen LogP contribution in [-0.2, 0) is 19.2 Å². The molecule has 0 aliphatic rings. The van der Waals surface area contributed by atoms with Gasteiger partial charge in [0.2, 0.25) is 17.7 Å². The predicted molar refractivity (Wildman–Crippen MR) is 103 cm³/mol. The standard InChI is InChI=1S/C16H30N4O7S/c1-6(2)10(16(26)27)18-14(24)12(8(4)22)20-15(25)11(7(3)21)19-13(23)9(17)5-28/h6-12,21-22,28H,5,17H2,1-4H3,(H,18,24)(H,19,23)(H,20,25)(H,26,27). The maximum atomic E-state index is 12.5. The summed E-state index contributed by atoms with van der Waals surface area (Å²) in [6, 6.07) is -5.21. The van der Waals surface area contributed by atoms with Gasteiger partial charge in [-0.15, -0.1) is 0 Å².